The molecule has 0 amide bonds. The van der Waals surface area contributed by atoms with Gasteiger partial charge in [-0.05, 0) is 48.8 Å². The molecule has 0 saturated carbocycles. The van der Waals surface area contributed by atoms with Gasteiger partial charge in [-0.15, -0.1) is 6.58 Å². The summed E-state index contributed by atoms with van der Waals surface area (Å²) in [6.07, 6.45) is 6.39. The molecule has 1 fully saturated rings. The summed E-state index contributed by atoms with van der Waals surface area (Å²) in [4.78, 5) is 0.284. The van der Waals surface area contributed by atoms with Crippen molar-refractivity contribution in [2.45, 2.75) is 73.3 Å². The smallest absolute Gasteiger partial charge is 0.206 e. The lowest BCUT2D eigenvalue weighted by atomic mass is 9.94. The fourth-order valence-electron chi connectivity index (χ4n) is 3.62. The van der Waals surface area contributed by atoms with Gasteiger partial charge in [0.15, 0.2) is 18.2 Å². The van der Waals surface area contributed by atoms with Crippen LogP contribution in [0.15, 0.2) is 60.0 Å². The van der Waals surface area contributed by atoms with Crippen molar-refractivity contribution in [3.05, 3.63) is 55.1 Å². The first kappa shape index (κ1) is 23.4. The normalized spacial score (nSPS) is 28.8. The minimum absolute atomic E-state index is 0.0532. The Labute approximate surface area is 182 Å². The Morgan fingerprint density at radius 1 is 1.23 bits per heavy atom. The van der Waals surface area contributed by atoms with Crippen molar-refractivity contribution in [3.8, 4) is 0 Å². The van der Waals surface area contributed by atoms with Crippen LogP contribution in [0.25, 0.3) is 0 Å². The fourth-order valence-corrected chi connectivity index (χ4v) is 6.65. The second-order valence-corrected chi connectivity index (χ2v) is 16.7. The molecule has 0 aliphatic carbocycles. The van der Waals surface area contributed by atoms with Crippen LogP contribution in [0.2, 0.25) is 18.1 Å². The lowest BCUT2D eigenvalue weighted by molar-refractivity contribution is -0.200. The molecule has 0 aromatic heterocycles. The molecule has 0 N–H and O–H groups in total. The van der Waals surface area contributed by atoms with Crippen molar-refractivity contribution < 1.29 is 22.3 Å². The van der Waals surface area contributed by atoms with E-state index in [1.165, 1.54) is 0 Å². The number of rotatable bonds is 9. The summed E-state index contributed by atoms with van der Waals surface area (Å²) in [5.74, 6) is -1.30. The standard InChI is InChI=1S/C23H34O5SSi/c1-7-8-16-26-23-15-14-22(28-23,18-27-30(5,6)21(2,3)4)17-20(23)29(24,25)19-12-10-9-11-13-19/h7,9-15,20H,1,8,16-18H2,2-6H3/t20?,22?,23-/m0/s1. The van der Waals surface area contributed by atoms with Crippen LogP contribution in [0.1, 0.15) is 33.6 Å². The summed E-state index contributed by atoms with van der Waals surface area (Å²) >= 11 is 0. The fraction of sp³-hybridized carbons (Fsp3) is 0.565. The van der Waals surface area contributed by atoms with Crippen LogP contribution in [0.5, 0.6) is 0 Å². The van der Waals surface area contributed by atoms with Crippen molar-refractivity contribution in [1.82, 2.24) is 0 Å². The summed E-state index contributed by atoms with van der Waals surface area (Å²) < 4.78 is 45.9. The molecular weight excluding hydrogens is 416 g/mol. The summed E-state index contributed by atoms with van der Waals surface area (Å²) in [6, 6.07) is 8.53. The minimum Gasteiger partial charge on any atom is -0.414 e. The van der Waals surface area contributed by atoms with Gasteiger partial charge in [0.05, 0.1) is 18.1 Å². The molecular formula is C23H34O5SSi. The molecule has 30 heavy (non-hydrogen) atoms. The highest BCUT2D eigenvalue weighted by molar-refractivity contribution is 7.92. The Morgan fingerprint density at radius 2 is 1.90 bits per heavy atom. The van der Waals surface area contributed by atoms with Crippen molar-refractivity contribution in [2.75, 3.05) is 13.2 Å². The van der Waals surface area contributed by atoms with E-state index >= 15 is 0 Å². The zero-order valence-corrected chi connectivity index (χ0v) is 20.5. The van der Waals surface area contributed by atoms with E-state index in [4.69, 9.17) is 13.9 Å². The van der Waals surface area contributed by atoms with E-state index in [0.717, 1.165) is 0 Å². The maximum atomic E-state index is 13.5. The van der Waals surface area contributed by atoms with E-state index in [1.807, 2.05) is 6.08 Å². The molecule has 7 heteroatoms. The molecule has 2 aliphatic rings. The van der Waals surface area contributed by atoms with Gasteiger partial charge in [0.25, 0.3) is 0 Å². The molecule has 0 radical (unpaired) electrons. The number of ether oxygens (including phenoxy) is 2. The molecule has 3 rings (SSSR count). The average Bonchev–Trinajstić information content (AvgIpc) is 3.21. The number of hydrogen-bond acceptors (Lipinski definition) is 5. The molecule has 1 saturated heterocycles. The quantitative estimate of drug-likeness (QED) is 0.305. The van der Waals surface area contributed by atoms with Crippen molar-refractivity contribution in [2.24, 2.45) is 0 Å². The molecule has 166 valence electrons. The first-order valence-electron chi connectivity index (χ1n) is 10.5. The zero-order valence-electron chi connectivity index (χ0n) is 18.7. The summed E-state index contributed by atoms with van der Waals surface area (Å²) in [6.45, 7) is 15.3. The molecule has 3 atom stereocenters. The van der Waals surface area contributed by atoms with Crippen LogP contribution in [-0.4, -0.2) is 46.6 Å². The van der Waals surface area contributed by atoms with Gasteiger partial charge in [-0.25, -0.2) is 8.42 Å². The Kier molecular flexibility index (Phi) is 6.26. The molecule has 2 bridgehead atoms. The Bertz CT molecular complexity index is 903. The second-order valence-electron chi connectivity index (χ2n) is 9.75. The second kappa shape index (κ2) is 8.02. The summed E-state index contributed by atoms with van der Waals surface area (Å²) in [5, 5.41) is -0.775. The van der Waals surface area contributed by atoms with Gasteiger partial charge in [-0.1, -0.05) is 45.0 Å². The van der Waals surface area contributed by atoms with Crippen molar-refractivity contribution in [1.29, 1.82) is 0 Å². The monoisotopic (exact) mass is 450 g/mol. The third kappa shape index (κ3) is 4.23. The van der Waals surface area contributed by atoms with E-state index in [1.54, 1.807) is 42.5 Å². The molecule has 2 heterocycles. The Hall–Kier alpha value is -1.25. The van der Waals surface area contributed by atoms with Crippen LogP contribution >= 0.6 is 0 Å². The van der Waals surface area contributed by atoms with Crippen LogP contribution in [0.4, 0.5) is 0 Å². The average molecular weight is 451 g/mol. The Balaban J connectivity index is 1.90. The van der Waals surface area contributed by atoms with E-state index in [2.05, 4.69) is 40.4 Å². The van der Waals surface area contributed by atoms with Gasteiger partial charge in [0.2, 0.25) is 5.79 Å². The first-order valence-corrected chi connectivity index (χ1v) is 14.9. The van der Waals surface area contributed by atoms with Gasteiger partial charge < -0.3 is 13.9 Å². The Morgan fingerprint density at radius 3 is 2.50 bits per heavy atom. The minimum atomic E-state index is -3.66. The highest BCUT2D eigenvalue weighted by atomic mass is 32.2. The van der Waals surface area contributed by atoms with Gasteiger partial charge in [-0.2, -0.15) is 0 Å². The molecule has 1 aromatic carbocycles. The summed E-state index contributed by atoms with van der Waals surface area (Å²) in [5.41, 5.74) is -0.795. The third-order valence-electron chi connectivity index (χ3n) is 6.54. The summed E-state index contributed by atoms with van der Waals surface area (Å²) in [7, 11) is -5.68. The van der Waals surface area contributed by atoms with E-state index in [-0.39, 0.29) is 9.93 Å². The molecule has 2 unspecified atom stereocenters. The molecule has 5 nitrogen and oxygen atoms in total. The third-order valence-corrected chi connectivity index (χ3v) is 13.2. The van der Waals surface area contributed by atoms with Gasteiger partial charge in [0, 0.05) is 6.42 Å². The highest BCUT2D eigenvalue weighted by Gasteiger charge is 2.64. The van der Waals surface area contributed by atoms with E-state index in [9.17, 15) is 8.42 Å². The lowest BCUT2D eigenvalue weighted by Crippen LogP contribution is -2.45. The van der Waals surface area contributed by atoms with E-state index < -0.39 is 34.8 Å². The SMILES string of the molecule is C=CCCO[C@]12C=CC(CO[Si](C)(C)C(C)(C)C)(CC1S(=O)(=O)c1ccccc1)O2. The van der Waals surface area contributed by atoms with Crippen molar-refractivity contribution >= 4 is 18.2 Å². The molecule has 1 aromatic rings. The number of fused-ring (bicyclic) bond motifs is 2. The number of benzene rings is 1. The van der Waals surface area contributed by atoms with Gasteiger partial charge in [0.1, 0.15) is 10.9 Å². The van der Waals surface area contributed by atoms with Crippen LogP contribution in [0, 0.1) is 0 Å². The first-order chi connectivity index (χ1) is 13.9. The molecule has 0 spiro atoms. The lowest BCUT2D eigenvalue weighted by Gasteiger charge is -2.38. The maximum absolute atomic E-state index is 13.5. The van der Waals surface area contributed by atoms with E-state index in [0.29, 0.717) is 26.1 Å². The molecule has 2 aliphatic heterocycles. The predicted octanol–water partition coefficient (Wildman–Crippen LogP) is 4.87. The van der Waals surface area contributed by atoms with Crippen molar-refractivity contribution in [3.63, 3.8) is 0 Å². The van der Waals surface area contributed by atoms with Crippen LogP contribution in [-0.2, 0) is 23.7 Å². The van der Waals surface area contributed by atoms with Gasteiger partial charge >= 0.3 is 0 Å². The zero-order chi connectivity index (χ0) is 22.3. The van der Waals surface area contributed by atoms with Crippen LogP contribution in [0.3, 0.4) is 0 Å². The van der Waals surface area contributed by atoms with Gasteiger partial charge in [-0.3, -0.25) is 0 Å². The highest BCUT2D eigenvalue weighted by Crippen LogP contribution is 2.51. The predicted molar refractivity (Wildman–Crippen MR) is 122 cm³/mol. The number of hydrogen-bond donors (Lipinski definition) is 0. The maximum Gasteiger partial charge on any atom is 0.206 e. The topological polar surface area (TPSA) is 61.8 Å². The largest absolute Gasteiger partial charge is 0.414 e. The van der Waals surface area contributed by atoms with Crippen LogP contribution < -0.4 is 0 Å². The number of sulfone groups is 1.